The summed E-state index contributed by atoms with van der Waals surface area (Å²) in [5.74, 6) is 0. The Morgan fingerprint density at radius 2 is 1.85 bits per heavy atom. The van der Waals surface area contributed by atoms with Crippen LogP contribution in [0.3, 0.4) is 0 Å². The molecule has 0 aromatic heterocycles. The number of benzene rings is 1. The third-order valence-electron chi connectivity index (χ3n) is 1.64. The Labute approximate surface area is 77.7 Å². The summed E-state index contributed by atoms with van der Waals surface area (Å²) in [6.07, 6.45) is 0. The Bertz CT molecular complexity index is 360. The van der Waals surface area contributed by atoms with Crippen LogP contribution in [0.25, 0.3) is 0 Å². The zero-order chi connectivity index (χ0) is 9.90. The SMILES string of the molecule is CN(Cc1ccccc1)S(=O)(=O)O. The summed E-state index contributed by atoms with van der Waals surface area (Å²) < 4.78 is 30.8. The lowest BCUT2D eigenvalue weighted by atomic mass is 10.2. The van der Waals surface area contributed by atoms with Crippen LogP contribution in [0.15, 0.2) is 30.3 Å². The summed E-state index contributed by atoms with van der Waals surface area (Å²) in [6.45, 7) is 0.180. The summed E-state index contributed by atoms with van der Waals surface area (Å²) >= 11 is 0. The van der Waals surface area contributed by atoms with Crippen LogP contribution in [0.1, 0.15) is 5.56 Å². The summed E-state index contributed by atoms with van der Waals surface area (Å²) in [7, 11) is -2.75. The van der Waals surface area contributed by atoms with Crippen molar-refractivity contribution in [2.24, 2.45) is 0 Å². The first kappa shape index (κ1) is 10.2. The minimum atomic E-state index is -4.07. The molecule has 0 atom stereocenters. The van der Waals surface area contributed by atoms with Gasteiger partial charge in [0.15, 0.2) is 0 Å². The average Bonchev–Trinajstić information content (AvgIpc) is 2.04. The van der Waals surface area contributed by atoms with Crippen LogP contribution < -0.4 is 0 Å². The molecule has 0 saturated carbocycles. The topological polar surface area (TPSA) is 57.6 Å². The summed E-state index contributed by atoms with van der Waals surface area (Å²) in [5.41, 5.74) is 0.836. The van der Waals surface area contributed by atoms with Crippen LogP contribution >= 0.6 is 0 Å². The highest BCUT2D eigenvalue weighted by Gasteiger charge is 2.12. The first-order valence-corrected chi connectivity index (χ1v) is 5.12. The van der Waals surface area contributed by atoms with Gasteiger partial charge in [-0.15, -0.1) is 0 Å². The fraction of sp³-hybridized carbons (Fsp3) is 0.250. The Morgan fingerprint density at radius 3 is 2.31 bits per heavy atom. The predicted molar refractivity (Wildman–Crippen MR) is 49.5 cm³/mol. The molecule has 0 fully saturated rings. The van der Waals surface area contributed by atoms with Crippen LogP contribution in [0.2, 0.25) is 0 Å². The molecule has 1 rings (SSSR count). The summed E-state index contributed by atoms with van der Waals surface area (Å²) in [6, 6.07) is 9.06. The highest BCUT2D eigenvalue weighted by molar-refractivity contribution is 7.83. The molecule has 1 aromatic rings. The maximum atomic E-state index is 10.6. The third-order valence-corrected chi connectivity index (χ3v) is 2.56. The minimum absolute atomic E-state index is 0.180. The van der Waals surface area contributed by atoms with Gasteiger partial charge in [-0.2, -0.15) is 12.7 Å². The van der Waals surface area contributed by atoms with Gasteiger partial charge in [-0.3, -0.25) is 4.55 Å². The largest absolute Gasteiger partial charge is 0.335 e. The van der Waals surface area contributed by atoms with Gasteiger partial charge in [0, 0.05) is 13.6 Å². The molecule has 0 spiro atoms. The molecule has 72 valence electrons. The lowest BCUT2D eigenvalue weighted by Crippen LogP contribution is -2.25. The van der Waals surface area contributed by atoms with E-state index in [1.165, 1.54) is 7.05 Å². The number of rotatable bonds is 3. The van der Waals surface area contributed by atoms with E-state index in [4.69, 9.17) is 4.55 Å². The van der Waals surface area contributed by atoms with Gasteiger partial charge in [0.2, 0.25) is 0 Å². The summed E-state index contributed by atoms with van der Waals surface area (Å²) in [5, 5.41) is 0. The predicted octanol–water partition coefficient (Wildman–Crippen LogP) is 0.921. The molecule has 0 aliphatic carbocycles. The van der Waals surface area contributed by atoms with Crippen molar-refractivity contribution >= 4 is 10.3 Å². The molecule has 1 aromatic carbocycles. The zero-order valence-corrected chi connectivity index (χ0v) is 8.03. The van der Waals surface area contributed by atoms with E-state index in [9.17, 15) is 8.42 Å². The highest BCUT2D eigenvalue weighted by Crippen LogP contribution is 2.04. The molecule has 0 amide bonds. The Morgan fingerprint density at radius 1 is 1.31 bits per heavy atom. The molecule has 0 saturated heterocycles. The van der Waals surface area contributed by atoms with E-state index >= 15 is 0 Å². The first-order chi connectivity index (χ1) is 6.00. The molecular weight excluding hydrogens is 190 g/mol. The Hall–Kier alpha value is -0.910. The quantitative estimate of drug-likeness (QED) is 0.740. The van der Waals surface area contributed by atoms with Gasteiger partial charge in [-0.1, -0.05) is 30.3 Å². The molecule has 0 bridgehead atoms. The van der Waals surface area contributed by atoms with E-state index < -0.39 is 10.3 Å². The lowest BCUT2D eigenvalue weighted by Gasteiger charge is -2.11. The van der Waals surface area contributed by atoms with Crippen molar-refractivity contribution < 1.29 is 13.0 Å². The Kier molecular flexibility index (Phi) is 3.02. The molecule has 1 N–H and O–H groups in total. The van der Waals surface area contributed by atoms with E-state index in [1.54, 1.807) is 12.1 Å². The van der Waals surface area contributed by atoms with E-state index in [0.717, 1.165) is 9.87 Å². The number of hydrogen-bond acceptors (Lipinski definition) is 2. The van der Waals surface area contributed by atoms with E-state index in [1.807, 2.05) is 18.2 Å². The Balaban J connectivity index is 2.72. The van der Waals surface area contributed by atoms with Gasteiger partial charge >= 0.3 is 10.3 Å². The van der Waals surface area contributed by atoms with Crippen molar-refractivity contribution in [3.05, 3.63) is 35.9 Å². The second-order valence-corrected chi connectivity index (χ2v) is 4.24. The fourth-order valence-electron chi connectivity index (χ4n) is 0.922. The molecule has 4 nitrogen and oxygen atoms in total. The van der Waals surface area contributed by atoms with Crippen molar-refractivity contribution in [1.82, 2.24) is 4.31 Å². The maximum Gasteiger partial charge on any atom is 0.335 e. The van der Waals surface area contributed by atoms with Crippen LogP contribution in [-0.2, 0) is 16.8 Å². The number of nitrogens with zero attached hydrogens (tertiary/aromatic N) is 1. The van der Waals surface area contributed by atoms with Gasteiger partial charge in [-0.05, 0) is 5.56 Å². The van der Waals surface area contributed by atoms with Crippen LogP contribution in [0, 0.1) is 0 Å². The molecular formula is C8H11NO3S. The van der Waals surface area contributed by atoms with Gasteiger partial charge in [0.25, 0.3) is 0 Å². The molecule has 0 aliphatic rings. The lowest BCUT2D eigenvalue weighted by molar-refractivity contribution is 0.384. The smallest absolute Gasteiger partial charge is 0.273 e. The molecule has 5 heteroatoms. The van der Waals surface area contributed by atoms with Gasteiger partial charge in [0.05, 0.1) is 0 Å². The van der Waals surface area contributed by atoms with Crippen molar-refractivity contribution in [1.29, 1.82) is 0 Å². The third kappa shape index (κ3) is 3.14. The molecule has 0 radical (unpaired) electrons. The second kappa shape index (κ2) is 3.87. The van der Waals surface area contributed by atoms with E-state index in [0.29, 0.717) is 0 Å². The van der Waals surface area contributed by atoms with Crippen LogP contribution in [0.4, 0.5) is 0 Å². The number of hydrogen-bond donors (Lipinski definition) is 1. The molecule has 13 heavy (non-hydrogen) atoms. The van der Waals surface area contributed by atoms with Gasteiger partial charge in [0.1, 0.15) is 0 Å². The van der Waals surface area contributed by atoms with Gasteiger partial charge < -0.3 is 0 Å². The van der Waals surface area contributed by atoms with Gasteiger partial charge in [-0.25, -0.2) is 0 Å². The van der Waals surface area contributed by atoms with E-state index in [2.05, 4.69) is 0 Å². The summed E-state index contributed by atoms with van der Waals surface area (Å²) in [4.78, 5) is 0. The zero-order valence-electron chi connectivity index (χ0n) is 7.21. The highest BCUT2D eigenvalue weighted by atomic mass is 32.2. The first-order valence-electron chi connectivity index (χ1n) is 3.73. The fourth-order valence-corrected chi connectivity index (χ4v) is 1.23. The minimum Gasteiger partial charge on any atom is -0.273 e. The maximum absolute atomic E-state index is 10.6. The molecule has 0 heterocycles. The average molecular weight is 201 g/mol. The van der Waals surface area contributed by atoms with Crippen LogP contribution in [0.5, 0.6) is 0 Å². The second-order valence-electron chi connectivity index (χ2n) is 2.72. The van der Waals surface area contributed by atoms with Crippen molar-refractivity contribution in [2.75, 3.05) is 7.05 Å². The molecule has 0 aliphatic heterocycles. The van der Waals surface area contributed by atoms with Crippen molar-refractivity contribution in [2.45, 2.75) is 6.54 Å². The standard InChI is InChI=1S/C8H11NO3S/c1-9(13(10,11)12)7-8-5-3-2-4-6-8/h2-6H,7H2,1H3,(H,10,11,12). The van der Waals surface area contributed by atoms with Crippen molar-refractivity contribution in [3.8, 4) is 0 Å². The monoisotopic (exact) mass is 201 g/mol. The van der Waals surface area contributed by atoms with Crippen LogP contribution in [-0.4, -0.2) is 24.3 Å². The van der Waals surface area contributed by atoms with E-state index in [-0.39, 0.29) is 6.54 Å². The normalized spacial score (nSPS) is 11.9. The van der Waals surface area contributed by atoms with Crippen molar-refractivity contribution in [3.63, 3.8) is 0 Å². The molecule has 0 unspecified atom stereocenters.